The molecule has 1 aromatic rings. The van der Waals surface area contributed by atoms with Crippen LogP contribution in [0.15, 0.2) is 6.20 Å². The highest BCUT2D eigenvalue weighted by Gasteiger charge is 2.22. The zero-order chi connectivity index (χ0) is 11.4. The first-order chi connectivity index (χ1) is 7.15. The number of aliphatic hydroxyl groups excluding tert-OH is 1. The lowest BCUT2D eigenvalue weighted by Gasteiger charge is -2.10. The maximum Gasteiger partial charge on any atom is 0.270 e. The molecule has 1 N–H and O–H groups in total. The van der Waals surface area contributed by atoms with Crippen LogP contribution in [-0.4, -0.2) is 17.2 Å². The molecule has 1 aromatic heterocycles. The second kappa shape index (κ2) is 4.66. The molecule has 0 aliphatic carbocycles. The minimum absolute atomic E-state index is 0.0635. The van der Waals surface area contributed by atoms with Crippen molar-refractivity contribution in [1.29, 1.82) is 5.26 Å². The Labute approximate surface area is 84.7 Å². The van der Waals surface area contributed by atoms with Gasteiger partial charge in [-0.05, 0) is 0 Å². The van der Waals surface area contributed by atoms with Gasteiger partial charge in [0.2, 0.25) is 5.88 Å². The molecule has 0 amide bonds. The third kappa shape index (κ3) is 2.02. The van der Waals surface area contributed by atoms with Crippen molar-refractivity contribution in [3.63, 3.8) is 0 Å². The third-order valence-electron chi connectivity index (χ3n) is 1.85. The lowest BCUT2D eigenvalue weighted by molar-refractivity contribution is 0.145. The van der Waals surface area contributed by atoms with E-state index in [0.29, 0.717) is 0 Å². The molecule has 4 nitrogen and oxygen atoms in total. The van der Waals surface area contributed by atoms with E-state index >= 15 is 0 Å². The molecule has 0 saturated carbocycles. The van der Waals surface area contributed by atoms with Gasteiger partial charge in [0, 0.05) is 11.8 Å². The van der Waals surface area contributed by atoms with E-state index in [0.717, 1.165) is 6.20 Å². The summed E-state index contributed by atoms with van der Waals surface area (Å²) in [6.45, 7) is -0.514. The molecular formula is C9H8F2N2O2. The number of methoxy groups -OCH3 is 1. The van der Waals surface area contributed by atoms with Crippen molar-refractivity contribution in [1.82, 2.24) is 4.98 Å². The summed E-state index contributed by atoms with van der Waals surface area (Å²) in [5.74, 6) is -0.293. The lowest BCUT2D eigenvalue weighted by atomic mass is 10.1. The summed E-state index contributed by atoms with van der Waals surface area (Å²) in [5, 5.41) is 17.6. The first kappa shape index (κ1) is 11.3. The summed E-state index contributed by atoms with van der Waals surface area (Å²) in [6, 6.07) is 1.61. The molecule has 0 radical (unpaired) electrons. The molecule has 0 saturated heterocycles. The Morgan fingerprint density at radius 1 is 1.67 bits per heavy atom. The fraction of sp³-hybridized carbons (Fsp3) is 0.333. The minimum Gasteiger partial charge on any atom is -0.481 e. The highest BCUT2D eigenvalue weighted by molar-refractivity contribution is 5.48. The van der Waals surface area contributed by atoms with Crippen LogP contribution in [0.3, 0.4) is 0 Å². The van der Waals surface area contributed by atoms with Crippen molar-refractivity contribution >= 4 is 0 Å². The van der Waals surface area contributed by atoms with E-state index in [1.165, 1.54) is 7.11 Å². The maximum atomic E-state index is 12.6. The molecule has 15 heavy (non-hydrogen) atoms. The van der Waals surface area contributed by atoms with Gasteiger partial charge in [-0.15, -0.1) is 0 Å². The number of alkyl halides is 2. The molecule has 0 unspecified atom stereocenters. The maximum absolute atomic E-state index is 12.6. The Kier molecular flexibility index (Phi) is 3.52. The normalized spacial score (nSPS) is 10.1. The number of ether oxygens (including phenoxy) is 1. The van der Waals surface area contributed by atoms with Crippen LogP contribution in [0.1, 0.15) is 23.1 Å². The van der Waals surface area contributed by atoms with Crippen LogP contribution in [0.5, 0.6) is 5.88 Å². The predicted octanol–water partition coefficient (Wildman–Crippen LogP) is 1.39. The number of pyridine rings is 1. The average Bonchev–Trinajstić information content (AvgIpc) is 2.26. The third-order valence-corrected chi connectivity index (χ3v) is 1.85. The number of aliphatic hydroxyl groups is 1. The van der Waals surface area contributed by atoms with E-state index in [2.05, 4.69) is 9.72 Å². The molecule has 0 fully saturated rings. The van der Waals surface area contributed by atoms with Crippen molar-refractivity contribution in [2.45, 2.75) is 13.0 Å². The van der Waals surface area contributed by atoms with Crippen molar-refractivity contribution in [2.75, 3.05) is 7.11 Å². The standard InChI is InChI=1S/C9H8F2N2O2/c1-15-9-7(8(10)11)6(2-12)5(4-14)3-13-9/h3,8,14H,4H2,1H3. The Balaban J connectivity index is 3.46. The van der Waals surface area contributed by atoms with Gasteiger partial charge in [-0.2, -0.15) is 5.26 Å². The number of rotatable bonds is 3. The molecule has 0 bridgehead atoms. The molecule has 0 spiro atoms. The van der Waals surface area contributed by atoms with E-state index in [1.54, 1.807) is 6.07 Å². The van der Waals surface area contributed by atoms with Gasteiger partial charge < -0.3 is 9.84 Å². The zero-order valence-corrected chi connectivity index (χ0v) is 7.87. The van der Waals surface area contributed by atoms with Crippen LogP contribution < -0.4 is 4.74 Å². The lowest BCUT2D eigenvalue weighted by Crippen LogP contribution is -2.03. The summed E-state index contributed by atoms with van der Waals surface area (Å²) >= 11 is 0. The monoisotopic (exact) mass is 214 g/mol. The van der Waals surface area contributed by atoms with Crippen LogP contribution in [-0.2, 0) is 6.61 Å². The number of aromatic nitrogens is 1. The Hall–Kier alpha value is -1.74. The smallest absolute Gasteiger partial charge is 0.270 e. The van der Waals surface area contributed by atoms with Crippen LogP contribution in [0.25, 0.3) is 0 Å². The first-order valence-electron chi connectivity index (χ1n) is 4.00. The van der Waals surface area contributed by atoms with E-state index in [-0.39, 0.29) is 17.0 Å². The quantitative estimate of drug-likeness (QED) is 0.825. The summed E-state index contributed by atoms with van der Waals surface area (Å²) in [7, 11) is 1.19. The van der Waals surface area contributed by atoms with E-state index in [1.807, 2.05) is 0 Å². The molecule has 0 aromatic carbocycles. The number of nitrogens with zero attached hydrogens (tertiary/aromatic N) is 2. The largest absolute Gasteiger partial charge is 0.481 e. The molecule has 0 aliphatic heterocycles. The number of hydrogen-bond donors (Lipinski definition) is 1. The highest BCUT2D eigenvalue weighted by Crippen LogP contribution is 2.31. The fourth-order valence-electron chi connectivity index (χ4n) is 1.17. The van der Waals surface area contributed by atoms with E-state index < -0.39 is 18.6 Å². The van der Waals surface area contributed by atoms with Gasteiger partial charge in [0.05, 0.1) is 24.8 Å². The Bertz CT molecular complexity index is 402. The molecule has 6 heteroatoms. The van der Waals surface area contributed by atoms with Crippen molar-refractivity contribution in [3.8, 4) is 11.9 Å². The van der Waals surface area contributed by atoms with Crippen molar-refractivity contribution in [2.24, 2.45) is 0 Å². The second-order valence-corrected chi connectivity index (χ2v) is 2.65. The molecule has 80 valence electrons. The second-order valence-electron chi connectivity index (χ2n) is 2.65. The number of halogens is 2. The molecule has 0 atom stereocenters. The van der Waals surface area contributed by atoms with E-state index in [9.17, 15) is 8.78 Å². The minimum atomic E-state index is -2.87. The Morgan fingerprint density at radius 3 is 2.73 bits per heavy atom. The van der Waals surface area contributed by atoms with Gasteiger partial charge in [0.1, 0.15) is 6.07 Å². The summed E-state index contributed by atoms with van der Waals surface area (Å²) in [6.07, 6.45) is -1.72. The number of hydrogen-bond acceptors (Lipinski definition) is 4. The summed E-state index contributed by atoms with van der Waals surface area (Å²) < 4.78 is 29.9. The molecular weight excluding hydrogens is 206 g/mol. The van der Waals surface area contributed by atoms with Gasteiger partial charge >= 0.3 is 0 Å². The van der Waals surface area contributed by atoms with Crippen LogP contribution in [0.4, 0.5) is 8.78 Å². The van der Waals surface area contributed by atoms with Gasteiger partial charge in [-0.3, -0.25) is 0 Å². The van der Waals surface area contributed by atoms with E-state index in [4.69, 9.17) is 10.4 Å². The number of nitriles is 1. The van der Waals surface area contributed by atoms with Gasteiger partial charge in [-0.25, -0.2) is 13.8 Å². The summed E-state index contributed by atoms with van der Waals surface area (Å²) in [5.41, 5.74) is -0.792. The van der Waals surface area contributed by atoms with Crippen molar-refractivity contribution in [3.05, 3.63) is 22.9 Å². The van der Waals surface area contributed by atoms with Gasteiger partial charge in [0.15, 0.2) is 0 Å². The average molecular weight is 214 g/mol. The summed E-state index contributed by atoms with van der Waals surface area (Å²) in [4.78, 5) is 3.58. The van der Waals surface area contributed by atoms with Crippen LogP contribution in [0.2, 0.25) is 0 Å². The van der Waals surface area contributed by atoms with Crippen LogP contribution in [0, 0.1) is 11.3 Å². The van der Waals surface area contributed by atoms with Crippen LogP contribution >= 0.6 is 0 Å². The SMILES string of the molecule is COc1ncc(CO)c(C#N)c1C(F)F. The highest BCUT2D eigenvalue weighted by atomic mass is 19.3. The van der Waals surface area contributed by atoms with Crippen molar-refractivity contribution < 1.29 is 18.6 Å². The van der Waals surface area contributed by atoms with Gasteiger partial charge in [0.25, 0.3) is 6.43 Å². The van der Waals surface area contributed by atoms with Gasteiger partial charge in [-0.1, -0.05) is 0 Å². The first-order valence-corrected chi connectivity index (χ1v) is 4.00. The topological polar surface area (TPSA) is 66.1 Å². The predicted molar refractivity (Wildman–Crippen MR) is 46.4 cm³/mol. The molecule has 1 rings (SSSR count). The Morgan fingerprint density at radius 2 is 2.33 bits per heavy atom. The molecule has 1 heterocycles. The molecule has 0 aliphatic rings. The fourth-order valence-corrected chi connectivity index (χ4v) is 1.17. The zero-order valence-electron chi connectivity index (χ0n) is 7.87.